The first-order chi connectivity index (χ1) is 9.19. The topological polar surface area (TPSA) is 21.3 Å². The maximum Gasteiger partial charge on any atom is 0.119 e. The highest BCUT2D eigenvalue weighted by molar-refractivity contribution is 7.80. The SMILES string of the molecule is COc1cccc(CNC(=S)c2ccc(Cl)cc2)c1. The molecule has 2 aromatic carbocycles. The van der Waals surface area contributed by atoms with Crippen molar-refractivity contribution in [3.05, 3.63) is 64.7 Å². The molecular formula is C15H14ClNOS. The lowest BCUT2D eigenvalue weighted by Crippen LogP contribution is -2.21. The number of rotatable bonds is 4. The van der Waals surface area contributed by atoms with Crippen LogP contribution >= 0.6 is 23.8 Å². The summed E-state index contributed by atoms with van der Waals surface area (Å²) in [4.78, 5) is 0.708. The third-order valence-corrected chi connectivity index (χ3v) is 3.33. The van der Waals surface area contributed by atoms with E-state index in [-0.39, 0.29) is 0 Å². The van der Waals surface area contributed by atoms with E-state index in [0.717, 1.165) is 16.9 Å². The summed E-state index contributed by atoms with van der Waals surface area (Å²) in [7, 11) is 1.66. The van der Waals surface area contributed by atoms with Crippen molar-refractivity contribution in [2.45, 2.75) is 6.54 Å². The molecule has 4 heteroatoms. The molecule has 0 radical (unpaired) electrons. The van der Waals surface area contributed by atoms with Crippen molar-refractivity contribution >= 4 is 28.8 Å². The Morgan fingerprint density at radius 1 is 1.21 bits per heavy atom. The third-order valence-electron chi connectivity index (χ3n) is 2.69. The van der Waals surface area contributed by atoms with E-state index in [1.54, 1.807) is 7.11 Å². The van der Waals surface area contributed by atoms with Crippen LogP contribution in [0.25, 0.3) is 0 Å². The Labute approximate surface area is 123 Å². The lowest BCUT2D eigenvalue weighted by molar-refractivity contribution is 0.414. The molecule has 0 unspecified atom stereocenters. The molecular weight excluding hydrogens is 278 g/mol. The van der Waals surface area contributed by atoms with Crippen molar-refractivity contribution < 1.29 is 4.74 Å². The van der Waals surface area contributed by atoms with Crippen LogP contribution < -0.4 is 10.1 Å². The fraction of sp³-hybridized carbons (Fsp3) is 0.133. The summed E-state index contributed by atoms with van der Waals surface area (Å²) in [5, 5.41) is 3.93. The molecule has 0 fully saturated rings. The van der Waals surface area contributed by atoms with E-state index in [1.165, 1.54) is 0 Å². The predicted octanol–water partition coefficient (Wildman–Crippen LogP) is 3.81. The van der Waals surface area contributed by atoms with Crippen molar-refractivity contribution in [3.8, 4) is 5.75 Å². The van der Waals surface area contributed by atoms with Gasteiger partial charge in [-0.05, 0) is 29.8 Å². The quantitative estimate of drug-likeness (QED) is 0.866. The number of benzene rings is 2. The average Bonchev–Trinajstić information content (AvgIpc) is 2.46. The molecule has 0 spiro atoms. The monoisotopic (exact) mass is 291 g/mol. The van der Waals surface area contributed by atoms with Crippen molar-refractivity contribution in [1.29, 1.82) is 0 Å². The predicted molar refractivity (Wildman–Crippen MR) is 83.0 cm³/mol. The molecule has 98 valence electrons. The highest BCUT2D eigenvalue weighted by Gasteiger charge is 2.01. The Hall–Kier alpha value is -1.58. The van der Waals surface area contributed by atoms with Crippen molar-refractivity contribution in [1.82, 2.24) is 5.32 Å². The lowest BCUT2D eigenvalue weighted by Gasteiger charge is -2.09. The number of ether oxygens (including phenoxy) is 1. The molecule has 0 aliphatic heterocycles. The van der Waals surface area contributed by atoms with Gasteiger partial charge >= 0.3 is 0 Å². The normalized spacial score (nSPS) is 10.0. The van der Waals surface area contributed by atoms with Gasteiger partial charge in [0.15, 0.2) is 0 Å². The van der Waals surface area contributed by atoms with Crippen LogP contribution in [0.4, 0.5) is 0 Å². The molecule has 2 rings (SSSR count). The maximum absolute atomic E-state index is 5.85. The van der Waals surface area contributed by atoms with Gasteiger partial charge in [0.05, 0.1) is 7.11 Å². The number of nitrogens with one attached hydrogen (secondary N) is 1. The van der Waals surface area contributed by atoms with Crippen molar-refractivity contribution in [2.75, 3.05) is 7.11 Å². The second kappa shape index (κ2) is 6.55. The van der Waals surface area contributed by atoms with Gasteiger partial charge in [-0.3, -0.25) is 0 Å². The molecule has 2 aromatic rings. The fourth-order valence-corrected chi connectivity index (χ4v) is 2.00. The summed E-state index contributed by atoms with van der Waals surface area (Å²) in [6, 6.07) is 15.4. The molecule has 0 atom stereocenters. The van der Waals surface area contributed by atoms with E-state index in [1.807, 2.05) is 48.5 Å². The lowest BCUT2D eigenvalue weighted by atomic mass is 10.2. The Kier molecular flexibility index (Phi) is 4.77. The number of thiocarbonyl (C=S) groups is 1. The molecule has 0 aromatic heterocycles. The third kappa shape index (κ3) is 3.94. The molecule has 19 heavy (non-hydrogen) atoms. The average molecular weight is 292 g/mol. The minimum Gasteiger partial charge on any atom is -0.497 e. The van der Waals surface area contributed by atoms with Gasteiger partial charge < -0.3 is 10.1 Å². The largest absolute Gasteiger partial charge is 0.497 e. The van der Waals surface area contributed by atoms with Crippen LogP contribution in [-0.2, 0) is 6.54 Å². The Bertz CT molecular complexity index is 569. The minimum absolute atomic E-state index is 0.665. The maximum atomic E-state index is 5.85. The zero-order chi connectivity index (χ0) is 13.7. The first-order valence-electron chi connectivity index (χ1n) is 5.86. The van der Waals surface area contributed by atoms with Gasteiger partial charge in [-0.1, -0.05) is 48.1 Å². The second-order valence-corrected chi connectivity index (χ2v) is 4.89. The van der Waals surface area contributed by atoms with Gasteiger partial charge in [0.1, 0.15) is 10.7 Å². The van der Waals surface area contributed by atoms with Crippen molar-refractivity contribution in [2.24, 2.45) is 0 Å². The Balaban J connectivity index is 1.98. The van der Waals surface area contributed by atoms with Crippen LogP contribution in [0, 0.1) is 0 Å². The van der Waals surface area contributed by atoms with Gasteiger partial charge in [0.25, 0.3) is 0 Å². The molecule has 1 N–H and O–H groups in total. The molecule has 0 aliphatic carbocycles. The molecule has 0 heterocycles. The van der Waals surface area contributed by atoms with E-state index in [0.29, 0.717) is 16.6 Å². The zero-order valence-electron chi connectivity index (χ0n) is 10.5. The van der Waals surface area contributed by atoms with Gasteiger partial charge in [0.2, 0.25) is 0 Å². The van der Waals surface area contributed by atoms with E-state index >= 15 is 0 Å². The van der Waals surface area contributed by atoms with Crippen LogP contribution in [0.5, 0.6) is 5.75 Å². The van der Waals surface area contributed by atoms with Gasteiger partial charge in [-0.25, -0.2) is 0 Å². The zero-order valence-corrected chi connectivity index (χ0v) is 12.1. The van der Waals surface area contributed by atoms with E-state index < -0.39 is 0 Å². The number of hydrogen-bond donors (Lipinski definition) is 1. The molecule has 0 saturated carbocycles. The van der Waals surface area contributed by atoms with Gasteiger partial charge in [-0.15, -0.1) is 0 Å². The summed E-state index contributed by atoms with van der Waals surface area (Å²) in [6.45, 7) is 0.665. The van der Waals surface area contributed by atoms with Crippen LogP contribution in [0.2, 0.25) is 5.02 Å². The Morgan fingerprint density at radius 2 is 1.95 bits per heavy atom. The molecule has 2 nitrogen and oxygen atoms in total. The first kappa shape index (κ1) is 13.8. The second-order valence-electron chi connectivity index (χ2n) is 4.04. The van der Waals surface area contributed by atoms with Crippen LogP contribution in [0.3, 0.4) is 0 Å². The Morgan fingerprint density at radius 3 is 2.63 bits per heavy atom. The summed E-state index contributed by atoms with van der Waals surface area (Å²) in [6.07, 6.45) is 0. The molecule has 0 saturated heterocycles. The summed E-state index contributed by atoms with van der Waals surface area (Å²) in [5.74, 6) is 0.844. The number of hydrogen-bond acceptors (Lipinski definition) is 2. The molecule has 0 aliphatic rings. The minimum atomic E-state index is 0.665. The van der Waals surface area contributed by atoms with Crippen LogP contribution in [0.1, 0.15) is 11.1 Å². The number of methoxy groups -OCH3 is 1. The summed E-state index contributed by atoms with van der Waals surface area (Å²) in [5.41, 5.74) is 2.08. The van der Waals surface area contributed by atoms with Gasteiger partial charge in [0, 0.05) is 17.1 Å². The van der Waals surface area contributed by atoms with Crippen LogP contribution in [-0.4, -0.2) is 12.1 Å². The van der Waals surface area contributed by atoms with E-state index in [4.69, 9.17) is 28.6 Å². The smallest absolute Gasteiger partial charge is 0.119 e. The summed E-state index contributed by atoms with van der Waals surface area (Å²) < 4.78 is 5.18. The van der Waals surface area contributed by atoms with Gasteiger partial charge in [-0.2, -0.15) is 0 Å². The first-order valence-corrected chi connectivity index (χ1v) is 6.64. The van der Waals surface area contributed by atoms with Crippen LogP contribution in [0.15, 0.2) is 48.5 Å². The number of halogens is 1. The van der Waals surface area contributed by atoms with E-state index in [9.17, 15) is 0 Å². The molecule has 0 amide bonds. The molecule has 0 bridgehead atoms. The highest BCUT2D eigenvalue weighted by Crippen LogP contribution is 2.13. The van der Waals surface area contributed by atoms with Crippen molar-refractivity contribution in [3.63, 3.8) is 0 Å². The van der Waals surface area contributed by atoms with E-state index in [2.05, 4.69) is 5.32 Å². The highest BCUT2D eigenvalue weighted by atomic mass is 35.5. The summed E-state index contributed by atoms with van der Waals surface area (Å²) >= 11 is 11.2. The standard InChI is InChI=1S/C15H14ClNOS/c1-18-14-4-2-3-11(9-14)10-17-15(19)12-5-7-13(16)8-6-12/h2-9H,10H2,1H3,(H,17,19). The fourth-order valence-electron chi connectivity index (χ4n) is 1.67.